The number of carboxylic acid groups (broad SMARTS) is 1. The van der Waals surface area contributed by atoms with Gasteiger partial charge in [-0.3, -0.25) is 4.79 Å². The molecule has 0 unspecified atom stereocenters. The number of carboxylic acids is 1. The topological polar surface area (TPSA) is 79.5 Å². The van der Waals surface area contributed by atoms with E-state index in [1.165, 1.54) is 29.7 Å². The molecule has 2 N–H and O–H groups in total. The van der Waals surface area contributed by atoms with Crippen LogP contribution in [-0.4, -0.2) is 17.0 Å². The van der Waals surface area contributed by atoms with E-state index in [4.69, 9.17) is 16.0 Å². The molecule has 126 valence electrons. The van der Waals surface area contributed by atoms with Crippen LogP contribution in [0.4, 0.5) is 0 Å². The van der Waals surface area contributed by atoms with Crippen LogP contribution in [0.1, 0.15) is 15.4 Å². The van der Waals surface area contributed by atoms with Crippen LogP contribution in [-0.2, 0) is 4.79 Å². The Balaban J connectivity index is 1.85. The predicted octanol–water partition coefficient (Wildman–Crippen LogP) is 4.52. The van der Waals surface area contributed by atoms with E-state index in [9.17, 15) is 14.7 Å². The summed E-state index contributed by atoms with van der Waals surface area (Å²) in [4.78, 5) is 24.9. The molecule has 0 aliphatic rings. The first kappa shape index (κ1) is 17.0. The summed E-state index contributed by atoms with van der Waals surface area (Å²) in [6, 6.07) is 14.0. The number of halogens is 1. The summed E-state index contributed by atoms with van der Waals surface area (Å²) in [6.45, 7) is 0. The van der Waals surface area contributed by atoms with Crippen molar-refractivity contribution in [3.05, 3.63) is 76.2 Å². The van der Waals surface area contributed by atoms with Crippen molar-refractivity contribution in [1.29, 1.82) is 0 Å². The van der Waals surface area contributed by atoms with Crippen LogP contribution in [0.15, 0.2) is 64.9 Å². The van der Waals surface area contributed by atoms with Crippen LogP contribution in [0.25, 0.3) is 16.5 Å². The van der Waals surface area contributed by atoms with E-state index in [-0.39, 0.29) is 11.5 Å². The molecule has 2 aromatic heterocycles. The summed E-state index contributed by atoms with van der Waals surface area (Å²) in [6.07, 6.45) is 2.74. The molecule has 3 rings (SSSR count). The van der Waals surface area contributed by atoms with E-state index in [0.717, 1.165) is 10.4 Å². The summed E-state index contributed by atoms with van der Waals surface area (Å²) in [5, 5.41) is 12.3. The minimum absolute atomic E-state index is 0.0371. The van der Waals surface area contributed by atoms with Gasteiger partial charge in [-0.05, 0) is 36.4 Å². The first-order valence-corrected chi connectivity index (χ1v) is 8.38. The molecule has 0 aliphatic carbocycles. The molecular weight excluding hydrogens is 362 g/mol. The monoisotopic (exact) mass is 373 g/mol. The van der Waals surface area contributed by atoms with E-state index in [1.807, 2.05) is 24.3 Å². The fourth-order valence-electron chi connectivity index (χ4n) is 2.12. The van der Waals surface area contributed by atoms with Crippen molar-refractivity contribution >= 4 is 40.9 Å². The van der Waals surface area contributed by atoms with Gasteiger partial charge in [-0.2, -0.15) is 0 Å². The van der Waals surface area contributed by atoms with Crippen LogP contribution < -0.4 is 5.32 Å². The molecule has 0 saturated carbocycles. The maximum Gasteiger partial charge on any atom is 0.352 e. The van der Waals surface area contributed by atoms with Crippen molar-refractivity contribution in [2.45, 2.75) is 0 Å². The molecule has 25 heavy (non-hydrogen) atoms. The Labute approximate surface area is 152 Å². The van der Waals surface area contributed by atoms with Crippen molar-refractivity contribution in [1.82, 2.24) is 5.32 Å². The highest BCUT2D eigenvalue weighted by Crippen LogP contribution is 2.33. The SMILES string of the molecule is O=C(O)/C(=C/c1ccc(-c2ccccc2Cl)s1)NC(=O)c1ccco1. The lowest BCUT2D eigenvalue weighted by Gasteiger charge is -2.03. The Bertz CT molecular complexity index is 944. The van der Waals surface area contributed by atoms with Crippen molar-refractivity contribution in [3.8, 4) is 10.4 Å². The molecule has 1 aromatic carbocycles. The summed E-state index contributed by atoms with van der Waals surface area (Å²) in [5.41, 5.74) is 0.624. The number of carbonyl (C=O) groups is 2. The zero-order valence-electron chi connectivity index (χ0n) is 12.7. The summed E-state index contributed by atoms with van der Waals surface area (Å²) >= 11 is 7.55. The van der Waals surface area contributed by atoms with Gasteiger partial charge in [-0.15, -0.1) is 11.3 Å². The lowest BCUT2D eigenvalue weighted by molar-refractivity contribution is -0.132. The largest absolute Gasteiger partial charge is 0.477 e. The van der Waals surface area contributed by atoms with E-state index in [1.54, 1.807) is 18.2 Å². The molecule has 0 bridgehead atoms. The molecule has 7 heteroatoms. The first-order valence-electron chi connectivity index (χ1n) is 7.19. The number of hydrogen-bond acceptors (Lipinski definition) is 4. The Kier molecular flexibility index (Phi) is 5.02. The number of amides is 1. The number of benzene rings is 1. The van der Waals surface area contributed by atoms with Gasteiger partial charge in [0.15, 0.2) is 5.76 Å². The molecule has 0 aliphatic heterocycles. The molecule has 0 atom stereocenters. The maximum atomic E-state index is 12.0. The van der Waals surface area contributed by atoms with Crippen molar-refractivity contribution in [2.24, 2.45) is 0 Å². The Hall–Kier alpha value is -2.83. The van der Waals surface area contributed by atoms with E-state index < -0.39 is 11.9 Å². The molecule has 3 aromatic rings. The van der Waals surface area contributed by atoms with Gasteiger partial charge in [0.1, 0.15) is 5.70 Å². The minimum atomic E-state index is -1.24. The fourth-order valence-corrected chi connectivity index (χ4v) is 3.41. The Morgan fingerprint density at radius 1 is 1.12 bits per heavy atom. The van der Waals surface area contributed by atoms with Crippen LogP contribution >= 0.6 is 22.9 Å². The van der Waals surface area contributed by atoms with Crippen LogP contribution in [0.2, 0.25) is 5.02 Å². The molecule has 0 saturated heterocycles. The summed E-state index contributed by atoms with van der Waals surface area (Å²) in [5.74, 6) is -1.83. The predicted molar refractivity (Wildman–Crippen MR) is 96.6 cm³/mol. The normalized spacial score (nSPS) is 11.3. The number of thiophene rings is 1. The molecule has 5 nitrogen and oxygen atoms in total. The van der Waals surface area contributed by atoms with Crippen LogP contribution in [0, 0.1) is 0 Å². The van der Waals surface area contributed by atoms with E-state index in [2.05, 4.69) is 5.32 Å². The van der Waals surface area contributed by atoms with Crippen molar-refractivity contribution in [3.63, 3.8) is 0 Å². The zero-order chi connectivity index (χ0) is 17.8. The average molecular weight is 374 g/mol. The highest BCUT2D eigenvalue weighted by atomic mass is 35.5. The van der Waals surface area contributed by atoms with E-state index in [0.29, 0.717) is 9.90 Å². The number of nitrogens with one attached hydrogen (secondary N) is 1. The first-order chi connectivity index (χ1) is 12.0. The van der Waals surface area contributed by atoms with Gasteiger partial charge < -0.3 is 14.8 Å². The molecule has 0 spiro atoms. The summed E-state index contributed by atoms with van der Waals surface area (Å²) < 4.78 is 4.96. The minimum Gasteiger partial charge on any atom is -0.477 e. The Morgan fingerprint density at radius 2 is 1.92 bits per heavy atom. The van der Waals surface area contributed by atoms with Gasteiger partial charge in [-0.25, -0.2) is 4.79 Å². The third kappa shape index (κ3) is 3.99. The molecule has 0 radical (unpaired) electrons. The van der Waals surface area contributed by atoms with Crippen LogP contribution in [0.5, 0.6) is 0 Å². The third-order valence-corrected chi connectivity index (χ3v) is 4.67. The van der Waals surface area contributed by atoms with Gasteiger partial charge >= 0.3 is 5.97 Å². The second-order valence-corrected chi connectivity index (χ2v) is 6.50. The molecular formula is C18H12ClNO4S. The van der Waals surface area contributed by atoms with Gasteiger partial charge in [0.2, 0.25) is 0 Å². The number of carbonyl (C=O) groups excluding carboxylic acids is 1. The summed E-state index contributed by atoms with van der Waals surface area (Å²) in [7, 11) is 0. The number of aliphatic carboxylic acids is 1. The second-order valence-electron chi connectivity index (χ2n) is 4.98. The smallest absolute Gasteiger partial charge is 0.352 e. The highest BCUT2D eigenvalue weighted by molar-refractivity contribution is 7.16. The van der Waals surface area contributed by atoms with Crippen LogP contribution in [0.3, 0.4) is 0 Å². The fraction of sp³-hybridized carbons (Fsp3) is 0. The average Bonchev–Trinajstić information content (AvgIpc) is 3.26. The van der Waals surface area contributed by atoms with Crippen molar-refractivity contribution in [2.75, 3.05) is 0 Å². The van der Waals surface area contributed by atoms with Gasteiger partial charge in [0, 0.05) is 20.3 Å². The van der Waals surface area contributed by atoms with Crippen molar-refractivity contribution < 1.29 is 19.1 Å². The number of furan rings is 1. The Morgan fingerprint density at radius 3 is 2.60 bits per heavy atom. The second kappa shape index (κ2) is 7.38. The van der Waals surface area contributed by atoms with Gasteiger partial charge in [0.05, 0.1) is 6.26 Å². The standard InChI is InChI=1S/C18H12ClNO4S/c19-13-5-2-1-4-12(13)16-8-7-11(25-16)10-14(18(22)23)20-17(21)15-6-3-9-24-15/h1-10H,(H,20,21)(H,22,23)/b14-10-. The van der Waals surface area contributed by atoms with Gasteiger partial charge in [0.25, 0.3) is 5.91 Å². The molecule has 0 fully saturated rings. The lowest BCUT2D eigenvalue weighted by Crippen LogP contribution is -2.26. The third-order valence-electron chi connectivity index (χ3n) is 3.28. The number of rotatable bonds is 5. The lowest BCUT2D eigenvalue weighted by atomic mass is 10.2. The molecule has 2 heterocycles. The van der Waals surface area contributed by atoms with Gasteiger partial charge in [-0.1, -0.05) is 29.8 Å². The maximum absolute atomic E-state index is 12.0. The molecule has 1 amide bonds. The number of hydrogen-bond donors (Lipinski definition) is 2. The highest BCUT2D eigenvalue weighted by Gasteiger charge is 2.16. The van der Waals surface area contributed by atoms with E-state index >= 15 is 0 Å². The quantitative estimate of drug-likeness (QED) is 0.644. The zero-order valence-corrected chi connectivity index (χ0v) is 14.3.